The Morgan fingerprint density at radius 3 is 2.38 bits per heavy atom. The number of rotatable bonds is 5. The van der Waals surface area contributed by atoms with Crippen molar-refractivity contribution in [1.29, 1.82) is 0 Å². The molecule has 0 aliphatic heterocycles. The monoisotopic (exact) mass is 331 g/mol. The van der Waals surface area contributed by atoms with E-state index >= 15 is 0 Å². The molecule has 0 radical (unpaired) electrons. The molecule has 5 nitrogen and oxygen atoms in total. The Balaban J connectivity index is 1.89. The van der Waals surface area contributed by atoms with Gasteiger partial charge in [-0.2, -0.15) is 5.10 Å². The zero-order valence-electron chi connectivity index (χ0n) is 12.8. The maximum Gasteiger partial charge on any atom is 0.271 e. The Morgan fingerprint density at radius 1 is 1.04 bits per heavy atom. The summed E-state index contributed by atoms with van der Waals surface area (Å²) < 4.78 is 26.1. The minimum Gasteiger partial charge on any atom is -0.326 e. The first-order chi connectivity index (χ1) is 11.4. The van der Waals surface area contributed by atoms with Crippen LogP contribution < -0.4 is 10.7 Å². The molecule has 0 unspecified atom stereocenters. The number of anilines is 1. The molecule has 7 heteroatoms. The van der Waals surface area contributed by atoms with Crippen LogP contribution >= 0.6 is 0 Å². The van der Waals surface area contributed by atoms with Gasteiger partial charge in [-0.15, -0.1) is 0 Å². The normalized spacial score (nSPS) is 11.0. The Labute approximate surface area is 137 Å². The molecule has 0 saturated heterocycles. The molecule has 2 amide bonds. The third-order valence-electron chi connectivity index (χ3n) is 2.96. The highest BCUT2D eigenvalue weighted by Crippen LogP contribution is 2.09. The summed E-state index contributed by atoms with van der Waals surface area (Å²) in [5.74, 6) is -1.97. The summed E-state index contributed by atoms with van der Waals surface area (Å²) in [5, 5.41) is 6.31. The molecule has 0 fully saturated rings. The van der Waals surface area contributed by atoms with Crippen molar-refractivity contribution >= 4 is 23.2 Å². The molecule has 0 aromatic heterocycles. The number of carbonyl (C=O) groups is 2. The predicted octanol–water partition coefficient (Wildman–Crippen LogP) is 3.10. The van der Waals surface area contributed by atoms with E-state index in [9.17, 15) is 18.4 Å². The van der Waals surface area contributed by atoms with E-state index in [1.165, 1.54) is 36.4 Å². The van der Waals surface area contributed by atoms with Crippen molar-refractivity contribution in [2.24, 2.45) is 5.10 Å². The van der Waals surface area contributed by atoms with Gasteiger partial charge in [0.1, 0.15) is 11.6 Å². The van der Waals surface area contributed by atoms with Crippen LogP contribution in [0.15, 0.2) is 53.6 Å². The van der Waals surface area contributed by atoms with Gasteiger partial charge in [0.2, 0.25) is 5.91 Å². The second kappa shape index (κ2) is 7.96. The molecule has 24 heavy (non-hydrogen) atoms. The van der Waals surface area contributed by atoms with Crippen LogP contribution in [0.3, 0.4) is 0 Å². The quantitative estimate of drug-likeness (QED) is 0.653. The standard InChI is InChI=1S/C17H15F2N3O2/c1-11(8-16(23)20-15-7-3-6-14(19)10-15)21-22-17(24)12-4-2-5-13(18)9-12/h2-7,9-10H,8H2,1H3,(H,20,23)(H,22,24)/b21-11+. The number of hydrogen-bond acceptors (Lipinski definition) is 3. The van der Waals surface area contributed by atoms with E-state index in [1.807, 2.05) is 0 Å². The number of amides is 2. The Morgan fingerprint density at radius 2 is 1.71 bits per heavy atom. The molecule has 0 bridgehead atoms. The number of nitrogens with one attached hydrogen (secondary N) is 2. The maximum atomic E-state index is 13.0. The van der Waals surface area contributed by atoms with Crippen LogP contribution in [0.5, 0.6) is 0 Å². The van der Waals surface area contributed by atoms with Crippen molar-refractivity contribution in [3.63, 3.8) is 0 Å². The van der Waals surface area contributed by atoms with E-state index < -0.39 is 23.4 Å². The van der Waals surface area contributed by atoms with E-state index in [4.69, 9.17) is 0 Å². The Bertz CT molecular complexity index is 791. The number of benzene rings is 2. The minimum absolute atomic E-state index is 0.0834. The number of hydrogen-bond donors (Lipinski definition) is 2. The van der Waals surface area contributed by atoms with E-state index in [-0.39, 0.29) is 12.0 Å². The SMILES string of the molecule is C/C(CC(=O)Nc1cccc(F)c1)=N\NC(=O)c1cccc(F)c1. The fraction of sp³-hybridized carbons (Fsp3) is 0.118. The summed E-state index contributed by atoms with van der Waals surface area (Å²) in [5.41, 5.74) is 3.04. The number of halogens is 2. The zero-order valence-corrected chi connectivity index (χ0v) is 12.8. The van der Waals surface area contributed by atoms with E-state index in [0.717, 1.165) is 6.07 Å². The van der Waals surface area contributed by atoms with Gasteiger partial charge >= 0.3 is 0 Å². The first kappa shape index (κ1) is 17.3. The lowest BCUT2D eigenvalue weighted by Crippen LogP contribution is -2.21. The predicted molar refractivity (Wildman–Crippen MR) is 86.6 cm³/mol. The second-order valence-electron chi connectivity index (χ2n) is 5.03. The van der Waals surface area contributed by atoms with Crippen LogP contribution in [-0.2, 0) is 4.79 Å². The number of carbonyl (C=O) groups excluding carboxylic acids is 2. The summed E-state index contributed by atoms with van der Waals surface area (Å²) in [6, 6.07) is 10.6. The molecule has 0 aliphatic rings. The second-order valence-corrected chi connectivity index (χ2v) is 5.03. The van der Waals surface area contributed by atoms with Crippen molar-refractivity contribution in [3.05, 3.63) is 65.7 Å². The molecule has 2 aromatic rings. The van der Waals surface area contributed by atoms with Gasteiger partial charge in [-0.1, -0.05) is 12.1 Å². The van der Waals surface area contributed by atoms with Crippen LogP contribution in [0.2, 0.25) is 0 Å². The van der Waals surface area contributed by atoms with Crippen molar-refractivity contribution in [3.8, 4) is 0 Å². The summed E-state index contributed by atoms with van der Waals surface area (Å²) in [7, 11) is 0. The van der Waals surface area contributed by atoms with Crippen LogP contribution in [0, 0.1) is 11.6 Å². The summed E-state index contributed by atoms with van der Waals surface area (Å²) >= 11 is 0. The molecule has 0 spiro atoms. The van der Waals surface area contributed by atoms with Gasteiger partial charge in [-0.25, -0.2) is 14.2 Å². The lowest BCUT2D eigenvalue weighted by atomic mass is 10.2. The van der Waals surface area contributed by atoms with Gasteiger partial charge in [0.05, 0.1) is 6.42 Å². The summed E-state index contributed by atoms with van der Waals surface area (Å²) in [6.45, 7) is 1.55. The average Bonchev–Trinajstić information content (AvgIpc) is 2.52. The molecule has 2 aromatic carbocycles. The topological polar surface area (TPSA) is 70.6 Å². The molecule has 0 aliphatic carbocycles. The van der Waals surface area contributed by atoms with Gasteiger partial charge in [0.25, 0.3) is 5.91 Å². The molecular weight excluding hydrogens is 316 g/mol. The largest absolute Gasteiger partial charge is 0.326 e. The van der Waals surface area contributed by atoms with E-state index in [2.05, 4.69) is 15.8 Å². The molecule has 2 rings (SSSR count). The van der Waals surface area contributed by atoms with Gasteiger partial charge < -0.3 is 5.32 Å². The van der Waals surface area contributed by atoms with Crippen molar-refractivity contribution in [2.45, 2.75) is 13.3 Å². The first-order valence-electron chi connectivity index (χ1n) is 7.08. The molecule has 0 atom stereocenters. The van der Waals surface area contributed by atoms with Gasteiger partial charge in [-0.05, 0) is 43.3 Å². The molecular formula is C17H15F2N3O2. The first-order valence-corrected chi connectivity index (χ1v) is 7.08. The van der Waals surface area contributed by atoms with Gasteiger partial charge in [0, 0.05) is 17.0 Å². The number of hydrazone groups is 1. The van der Waals surface area contributed by atoms with Crippen molar-refractivity contribution < 1.29 is 18.4 Å². The third-order valence-corrected chi connectivity index (χ3v) is 2.96. The average molecular weight is 331 g/mol. The van der Waals surface area contributed by atoms with Crippen LogP contribution in [0.25, 0.3) is 0 Å². The Kier molecular flexibility index (Phi) is 5.73. The Hall–Kier alpha value is -3.09. The smallest absolute Gasteiger partial charge is 0.271 e. The number of nitrogens with zero attached hydrogens (tertiary/aromatic N) is 1. The highest BCUT2D eigenvalue weighted by Gasteiger charge is 2.08. The fourth-order valence-electron chi connectivity index (χ4n) is 1.88. The highest BCUT2D eigenvalue weighted by molar-refractivity contribution is 6.06. The fourth-order valence-corrected chi connectivity index (χ4v) is 1.88. The highest BCUT2D eigenvalue weighted by atomic mass is 19.1. The lowest BCUT2D eigenvalue weighted by Gasteiger charge is -2.05. The summed E-state index contributed by atoms with van der Waals surface area (Å²) in [6.07, 6.45) is -0.0834. The molecule has 0 saturated carbocycles. The summed E-state index contributed by atoms with van der Waals surface area (Å²) in [4.78, 5) is 23.6. The van der Waals surface area contributed by atoms with E-state index in [1.54, 1.807) is 13.0 Å². The minimum atomic E-state index is -0.584. The van der Waals surface area contributed by atoms with Crippen LogP contribution in [0.1, 0.15) is 23.7 Å². The van der Waals surface area contributed by atoms with Gasteiger partial charge in [-0.3, -0.25) is 9.59 Å². The zero-order chi connectivity index (χ0) is 17.5. The van der Waals surface area contributed by atoms with Crippen LogP contribution in [-0.4, -0.2) is 17.5 Å². The van der Waals surface area contributed by atoms with Crippen molar-refractivity contribution in [1.82, 2.24) is 5.43 Å². The van der Waals surface area contributed by atoms with Crippen molar-refractivity contribution in [2.75, 3.05) is 5.32 Å². The van der Waals surface area contributed by atoms with E-state index in [0.29, 0.717) is 11.4 Å². The van der Waals surface area contributed by atoms with Gasteiger partial charge in [0.15, 0.2) is 0 Å². The molecule has 0 heterocycles. The van der Waals surface area contributed by atoms with Crippen LogP contribution in [0.4, 0.5) is 14.5 Å². The maximum absolute atomic E-state index is 13.0. The molecule has 124 valence electrons. The molecule has 2 N–H and O–H groups in total. The third kappa shape index (κ3) is 5.28. The lowest BCUT2D eigenvalue weighted by molar-refractivity contribution is -0.115.